The molecule has 1 fully saturated rings. The first-order valence-corrected chi connectivity index (χ1v) is 9.05. The van der Waals surface area contributed by atoms with Crippen LogP contribution in [0.4, 0.5) is 0 Å². The first-order valence-electron chi connectivity index (χ1n) is 9.05. The van der Waals surface area contributed by atoms with Crippen molar-refractivity contribution in [3.63, 3.8) is 0 Å². The third-order valence-corrected chi connectivity index (χ3v) is 5.17. The van der Waals surface area contributed by atoms with Crippen LogP contribution in [0.5, 0.6) is 0 Å². The molecule has 2 nitrogen and oxygen atoms in total. The van der Waals surface area contributed by atoms with E-state index in [0.717, 1.165) is 17.7 Å². The van der Waals surface area contributed by atoms with Crippen LogP contribution >= 0.6 is 0 Å². The van der Waals surface area contributed by atoms with Gasteiger partial charge in [0, 0.05) is 12.2 Å². The predicted molar refractivity (Wildman–Crippen MR) is 105 cm³/mol. The Balaban J connectivity index is 1.75. The maximum atomic E-state index is 12.0. The molecule has 2 heteroatoms. The van der Waals surface area contributed by atoms with E-state index in [9.17, 15) is 5.11 Å². The van der Waals surface area contributed by atoms with Gasteiger partial charge < -0.3 is 10.0 Å². The Morgan fingerprint density at radius 1 is 0.808 bits per heavy atom. The molecule has 130 valence electrons. The highest BCUT2D eigenvalue weighted by Crippen LogP contribution is 2.49. The van der Waals surface area contributed by atoms with Crippen LogP contribution in [-0.2, 0) is 12.1 Å². The molecule has 0 bridgehead atoms. The third-order valence-electron chi connectivity index (χ3n) is 5.17. The second-order valence-electron chi connectivity index (χ2n) is 6.73. The molecule has 1 atom stereocenters. The van der Waals surface area contributed by atoms with Crippen LogP contribution in [0, 0.1) is 0 Å². The average molecular weight is 341 g/mol. The van der Waals surface area contributed by atoms with Gasteiger partial charge in [0.25, 0.3) is 0 Å². The lowest BCUT2D eigenvalue weighted by atomic mass is 9.82. The Labute approximate surface area is 155 Å². The van der Waals surface area contributed by atoms with Crippen molar-refractivity contribution in [2.75, 3.05) is 0 Å². The summed E-state index contributed by atoms with van der Waals surface area (Å²) < 4.78 is 0. The van der Waals surface area contributed by atoms with Crippen molar-refractivity contribution in [1.29, 1.82) is 0 Å². The van der Waals surface area contributed by atoms with E-state index in [1.807, 2.05) is 73.7 Å². The molecule has 1 aliphatic heterocycles. The predicted octanol–water partition coefficient (Wildman–Crippen LogP) is 4.71. The Morgan fingerprint density at radius 2 is 1.27 bits per heavy atom. The van der Waals surface area contributed by atoms with Gasteiger partial charge >= 0.3 is 0 Å². The molecule has 4 rings (SSSR count). The second kappa shape index (κ2) is 6.81. The number of aliphatic hydroxyl groups is 1. The van der Waals surface area contributed by atoms with E-state index in [2.05, 4.69) is 35.2 Å². The Bertz CT molecular complexity index is 848. The molecular weight excluding hydrogens is 318 g/mol. The first-order chi connectivity index (χ1) is 12.7. The van der Waals surface area contributed by atoms with E-state index in [0.29, 0.717) is 0 Å². The molecular formula is C24H23NO. The fourth-order valence-electron chi connectivity index (χ4n) is 3.84. The minimum absolute atomic E-state index is 0.0579. The van der Waals surface area contributed by atoms with Gasteiger partial charge in [0.05, 0.1) is 0 Å². The number of benzene rings is 3. The van der Waals surface area contributed by atoms with Gasteiger partial charge in [0.2, 0.25) is 0 Å². The number of nitrogens with zero attached hydrogens (tertiary/aromatic N) is 1. The summed E-state index contributed by atoms with van der Waals surface area (Å²) in [5.41, 5.74) is 3.21. The molecule has 3 aromatic carbocycles. The summed E-state index contributed by atoms with van der Waals surface area (Å²) in [6, 6.07) is 30.3. The molecule has 0 spiro atoms. The van der Waals surface area contributed by atoms with Crippen molar-refractivity contribution >= 4 is 0 Å². The quantitative estimate of drug-likeness (QED) is 0.679. The lowest BCUT2D eigenvalue weighted by Crippen LogP contribution is -2.35. The normalized spacial score (nSPS) is 18.2. The summed E-state index contributed by atoms with van der Waals surface area (Å²) in [4.78, 5) is 2.29. The lowest BCUT2D eigenvalue weighted by molar-refractivity contribution is 0.0643. The molecule has 26 heavy (non-hydrogen) atoms. The van der Waals surface area contributed by atoms with Crippen LogP contribution in [-0.4, -0.2) is 16.0 Å². The molecule has 3 aromatic rings. The molecule has 0 saturated carbocycles. The molecule has 1 N–H and O–H groups in total. The van der Waals surface area contributed by atoms with Crippen LogP contribution in [0.1, 0.15) is 23.6 Å². The molecule has 0 aromatic heterocycles. The van der Waals surface area contributed by atoms with Crippen LogP contribution in [0.25, 0.3) is 0 Å². The van der Waals surface area contributed by atoms with Crippen molar-refractivity contribution in [2.45, 2.75) is 25.1 Å². The Morgan fingerprint density at radius 3 is 1.73 bits per heavy atom. The average Bonchev–Trinajstić information content (AvgIpc) is 3.42. The van der Waals surface area contributed by atoms with Crippen molar-refractivity contribution in [3.05, 3.63) is 119 Å². The van der Waals surface area contributed by atoms with E-state index in [4.69, 9.17) is 0 Å². The Hall–Kier alpha value is -2.84. The van der Waals surface area contributed by atoms with E-state index in [-0.39, 0.29) is 6.04 Å². The van der Waals surface area contributed by atoms with Gasteiger partial charge in [-0.15, -0.1) is 0 Å². The summed E-state index contributed by atoms with van der Waals surface area (Å²) in [7, 11) is 0. The maximum absolute atomic E-state index is 12.0. The summed E-state index contributed by atoms with van der Waals surface area (Å²) in [6.07, 6.45) is 2.12. The fraction of sp³-hybridized carbons (Fsp3) is 0.167. The van der Waals surface area contributed by atoms with Crippen LogP contribution < -0.4 is 0 Å². The summed E-state index contributed by atoms with van der Waals surface area (Å²) in [5, 5.41) is 12.0. The largest absolute Gasteiger partial charge is 0.378 e. The van der Waals surface area contributed by atoms with Gasteiger partial charge in [-0.2, -0.15) is 0 Å². The molecule has 0 aliphatic carbocycles. The van der Waals surface area contributed by atoms with Crippen molar-refractivity contribution in [2.24, 2.45) is 0 Å². The SMILES string of the molecule is C/C=C1\C(C(O)(c2ccccc2)c2ccccc2)N1Cc1ccccc1. The van der Waals surface area contributed by atoms with Gasteiger partial charge in [0.15, 0.2) is 0 Å². The van der Waals surface area contributed by atoms with Gasteiger partial charge in [0.1, 0.15) is 11.6 Å². The zero-order chi connectivity index (χ0) is 18.0. The minimum Gasteiger partial charge on any atom is -0.378 e. The highest BCUT2D eigenvalue weighted by molar-refractivity contribution is 5.47. The van der Waals surface area contributed by atoms with Crippen LogP contribution in [0.3, 0.4) is 0 Å². The second-order valence-corrected chi connectivity index (χ2v) is 6.73. The zero-order valence-electron chi connectivity index (χ0n) is 14.9. The minimum atomic E-state index is -1.07. The molecule has 0 radical (unpaired) electrons. The number of hydrogen-bond acceptors (Lipinski definition) is 2. The van der Waals surface area contributed by atoms with Gasteiger partial charge in [-0.25, -0.2) is 0 Å². The van der Waals surface area contributed by atoms with E-state index in [1.54, 1.807) is 0 Å². The van der Waals surface area contributed by atoms with Gasteiger partial charge in [-0.05, 0) is 23.6 Å². The topological polar surface area (TPSA) is 23.2 Å². The molecule has 1 aliphatic rings. The number of allylic oxidation sites excluding steroid dienone is 1. The van der Waals surface area contributed by atoms with Crippen molar-refractivity contribution in [3.8, 4) is 0 Å². The smallest absolute Gasteiger partial charge is 0.140 e. The van der Waals surface area contributed by atoms with E-state index >= 15 is 0 Å². The highest BCUT2D eigenvalue weighted by atomic mass is 16.3. The monoisotopic (exact) mass is 341 g/mol. The van der Waals surface area contributed by atoms with Crippen molar-refractivity contribution < 1.29 is 5.11 Å². The van der Waals surface area contributed by atoms with E-state index < -0.39 is 5.60 Å². The van der Waals surface area contributed by atoms with Crippen LogP contribution in [0.15, 0.2) is 103 Å². The fourth-order valence-corrected chi connectivity index (χ4v) is 3.84. The number of rotatable bonds is 5. The first kappa shape index (κ1) is 16.6. The highest BCUT2D eigenvalue weighted by Gasteiger charge is 2.55. The molecule has 0 amide bonds. The summed E-state index contributed by atoms with van der Waals surface area (Å²) in [6.45, 7) is 2.84. The lowest BCUT2D eigenvalue weighted by Gasteiger charge is -2.29. The summed E-state index contributed by atoms with van der Waals surface area (Å²) >= 11 is 0. The maximum Gasteiger partial charge on any atom is 0.140 e. The standard InChI is InChI=1S/C24H23NO/c1-2-22-23(25(22)18-19-12-6-3-7-13-19)24(26,20-14-8-4-9-15-20)21-16-10-5-11-17-21/h2-17,23,26H,18H2,1H3/b22-2+. The summed E-state index contributed by atoms with van der Waals surface area (Å²) in [5.74, 6) is 0. The van der Waals surface area contributed by atoms with Gasteiger partial charge in [-0.3, -0.25) is 0 Å². The Kier molecular flexibility index (Phi) is 4.36. The third kappa shape index (κ3) is 2.83. The zero-order valence-corrected chi connectivity index (χ0v) is 14.9. The van der Waals surface area contributed by atoms with E-state index in [1.165, 1.54) is 11.3 Å². The van der Waals surface area contributed by atoms with Gasteiger partial charge in [-0.1, -0.05) is 97.1 Å². The van der Waals surface area contributed by atoms with Crippen molar-refractivity contribution in [1.82, 2.24) is 4.90 Å². The molecule has 1 heterocycles. The molecule has 1 saturated heterocycles. The van der Waals surface area contributed by atoms with Crippen LogP contribution in [0.2, 0.25) is 0 Å². The number of hydrogen-bond donors (Lipinski definition) is 1. The molecule has 1 unspecified atom stereocenters.